The Morgan fingerprint density at radius 1 is 1.44 bits per heavy atom. The molecule has 4 atom stereocenters. The number of carbonyl (C=O) groups excluding carboxylic acids is 1. The van der Waals surface area contributed by atoms with Gasteiger partial charge in [0.2, 0.25) is 5.91 Å². The first-order valence-electron chi connectivity index (χ1n) is 7.53. The number of hydrogen-bond acceptors (Lipinski definition) is 2. The van der Waals surface area contributed by atoms with Crippen LogP contribution in [-0.2, 0) is 4.79 Å². The highest BCUT2D eigenvalue weighted by atomic mass is 16.2. The van der Waals surface area contributed by atoms with Gasteiger partial charge in [0.15, 0.2) is 0 Å². The minimum atomic E-state index is -0.333. The van der Waals surface area contributed by atoms with E-state index in [0.29, 0.717) is 17.9 Å². The summed E-state index contributed by atoms with van der Waals surface area (Å²) in [7, 11) is 0. The standard InChI is InChI=1S/C15H28N2O/c1-6-11-9-12(11)17-13(8-10(3)4)16-15(5,7-2)14(17)18/h10-13,16H,6-9H2,1-5H3. The first-order chi connectivity index (χ1) is 8.42. The predicted octanol–water partition coefficient (Wildman–Crippen LogP) is 2.76. The fraction of sp³-hybridized carbons (Fsp3) is 0.933. The summed E-state index contributed by atoms with van der Waals surface area (Å²) in [5, 5.41) is 3.59. The fourth-order valence-electron chi connectivity index (χ4n) is 3.19. The number of rotatable bonds is 5. The maximum absolute atomic E-state index is 12.7. The Morgan fingerprint density at radius 3 is 2.56 bits per heavy atom. The van der Waals surface area contributed by atoms with Gasteiger partial charge in [0.1, 0.15) is 0 Å². The molecule has 2 fully saturated rings. The van der Waals surface area contributed by atoms with E-state index in [1.807, 2.05) is 0 Å². The van der Waals surface area contributed by atoms with Crippen molar-refractivity contribution in [3.05, 3.63) is 0 Å². The molecule has 1 saturated heterocycles. The van der Waals surface area contributed by atoms with Crippen LogP contribution in [0, 0.1) is 11.8 Å². The Balaban J connectivity index is 2.14. The van der Waals surface area contributed by atoms with Crippen LogP contribution in [0.5, 0.6) is 0 Å². The molecule has 0 aromatic carbocycles. The molecular formula is C15H28N2O. The van der Waals surface area contributed by atoms with Crippen molar-refractivity contribution in [1.82, 2.24) is 10.2 Å². The van der Waals surface area contributed by atoms with E-state index in [2.05, 4.69) is 44.8 Å². The van der Waals surface area contributed by atoms with Crippen LogP contribution < -0.4 is 5.32 Å². The van der Waals surface area contributed by atoms with E-state index in [1.165, 1.54) is 12.8 Å². The third kappa shape index (κ3) is 2.29. The molecule has 0 aromatic heterocycles. The van der Waals surface area contributed by atoms with Gasteiger partial charge >= 0.3 is 0 Å². The molecule has 1 aliphatic carbocycles. The largest absolute Gasteiger partial charge is 0.322 e. The second-order valence-corrected chi connectivity index (χ2v) is 6.66. The highest BCUT2D eigenvalue weighted by molar-refractivity contribution is 5.89. The van der Waals surface area contributed by atoms with Crippen LogP contribution in [0.15, 0.2) is 0 Å². The zero-order chi connectivity index (χ0) is 13.5. The predicted molar refractivity (Wildman–Crippen MR) is 74.1 cm³/mol. The molecule has 0 bridgehead atoms. The Labute approximate surface area is 111 Å². The van der Waals surface area contributed by atoms with Gasteiger partial charge in [0, 0.05) is 6.04 Å². The maximum Gasteiger partial charge on any atom is 0.244 e. The van der Waals surface area contributed by atoms with Crippen LogP contribution in [0.2, 0.25) is 0 Å². The number of nitrogens with zero attached hydrogens (tertiary/aromatic N) is 1. The Bertz CT molecular complexity index is 328. The second-order valence-electron chi connectivity index (χ2n) is 6.66. The van der Waals surface area contributed by atoms with Gasteiger partial charge in [-0.2, -0.15) is 0 Å². The summed E-state index contributed by atoms with van der Waals surface area (Å²) < 4.78 is 0. The van der Waals surface area contributed by atoms with E-state index >= 15 is 0 Å². The van der Waals surface area contributed by atoms with Gasteiger partial charge in [-0.15, -0.1) is 0 Å². The molecule has 3 nitrogen and oxygen atoms in total. The molecule has 3 heteroatoms. The highest BCUT2D eigenvalue weighted by Crippen LogP contribution is 2.43. The Hall–Kier alpha value is -0.570. The van der Waals surface area contributed by atoms with Gasteiger partial charge in [0.25, 0.3) is 0 Å². The van der Waals surface area contributed by atoms with Gasteiger partial charge in [-0.05, 0) is 38.0 Å². The molecule has 18 heavy (non-hydrogen) atoms. The average Bonchev–Trinajstić information content (AvgIpc) is 3.02. The van der Waals surface area contributed by atoms with Gasteiger partial charge in [-0.1, -0.05) is 34.1 Å². The van der Waals surface area contributed by atoms with Crippen molar-refractivity contribution < 1.29 is 4.79 Å². The second kappa shape index (κ2) is 4.84. The summed E-state index contributed by atoms with van der Waals surface area (Å²) in [5.41, 5.74) is -0.333. The molecule has 2 aliphatic rings. The van der Waals surface area contributed by atoms with Crippen molar-refractivity contribution in [2.75, 3.05) is 0 Å². The third-order valence-electron chi connectivity index (χ3n) is 4.70. The Kier molecular flexibility index (Phi) is 3.72. The summed E-state index contributed by atoms with van der Waals surface area (Å²) in [6, 6.07) is 0.507. The van der Waals surface area contributed by atoms with Crippen molar-refractivity contribution in [1.29, 1.82) is 0 Å². The van der Waals surface area contributed by atoms with Crippen LogP contribution in [0.25, 0.3) is 0 Å². The van der Waals surface area contributed by atoms with Gasteiger partial charge in [-0.25, -0.2) is 0 Å². The van der Waals surface area contributed by atoms with E-state index in [1.54, 1.807) is 0 Å². The molecule has 1 heterocycles. The quantitative estimate of drug-likeness (QED) is 0.816. The summed E-state index contributed by atoms with van der Waals surface area (Å²) >= 11 is 0. The maximum atomic E-state index is 12.7. The summed E-state index contributed by atoms with van der Waals surface area (Å²) in [6.45, 7) is 10.9. The molecule has 1 saturated carbocycles. The van der Waals surface area contributed by atoms with E-state index in [0.717, 1.165) is 18.8 Å². The zero-order valence-electron chi connectivity index (χ0n) is 12.5. The first kappa shape index (κ1) is 13.9. The molecule has 1 aliphatic heterocycles. The molecular weight excluding hydrogens is 224 g/mol. The normalized spacial score (nSPS) is 39.8. The smallest absolute Gasteiger partial charge is 0.244 e. The number of nitrogens with one attached hydrogen (secondary N) is 1. The zero-order valence-corrected chi connectivity index (χ0v) is 12.5. The number of amides is 1. The van der Waals surface area contributed by atoms with Crippen molar-refractivity contribution in [3.8, 4) is 0 Å². The average molecular weight is 252 g/mol. The molecule has 0 aromatic rings. The molecule has 0 spiro atoms. The molecule has 0 radical (unpaired) electrons. The number of hydrogen-bond donors (Lipinski definition) is 1. The van der Waals surface area contributed by atoms with Crippen molar-refractivity contribution in [3.63, 3.8) is 0 Å². The van der Waals surface area contributed by atoms with Crippen LogP contribution >= 0.6 is 0 Å². The lowest BCUT2D eigenvalue weighted by molar-refractivity contribution is -0.133. The van der Waals surface area contributed by atoms with E-state index in [4.69, 9.17) is 0 Å². The minimum absolute atomic E-state index is 0.254. The van der Waals surface area contributed by atoms with E-state index in [-0.39, 0.29) is 11.7 Å². The van der Waals surface area contributed by atoms with Crippen LogP contribution in [0.3, 0.4) is 0 Å². The van der Waals surface area contributed by atoms with Gasteiger partial charge in [0.05, 0.1) is 11.7 Å². The minimum Gasteiger partial charge on any atom is -0.322 e. The summed E-state index contributed by atoms with van der Waals surface area (Å²) in [6.07, 6.45) is 4.60. The van der Waals surface area contributed by atoms with E-state index < -0.39 is 0 Å². The number of carbonyl (C=O) groups is 1. The molecule has 104 valence electrons. The van der Waals surface area contributed by atoms with Crippen molar-refractivity contribution in [2.24, 2.45) is 11.8 Å². The van der Waals surface area contributed by atoms with Crippen molar-refractivity contribution in [2.45, 2.75) is 78.0 Å². The van der Waals surface area contributed by atoms with Crippen LogP contribution in [-0.4, -0.2) is 28.6 Å². The Morgan fingerprint density at radius 2 is 2.11 bits per heavy atom. The van der Waals surface area contributed by atoms with Crippen LogP contribution in [0.4, 0.5) is 0 Å². The van der Waals surface area contributed by atoms with Gasteiger partial charge < -0.3 is 4.90 Å². The van der Waals surface area contributed by atoms with Gasteiger partial charge in [-0.3, -0.25) is 10.1 Å². The molecule has 1 amide bonds. The summed E-state index contributed by atoms with van der Waals surface area (Å²) in [5.74, 6) is 1.69. The van der Waals surface area contributed by atoms with E-state index in [9.17, 15) is 4.79 Å². The van der Waals surface area contributed by atoms with Crippen molar-refractivity contribution >= 4 is 5.91 Å². The SMILES string of the molecule is CCC1CC1N1C(=O)C(C)(CC)NC1CC(C)C. The third-order valence-corrected chi connectivity index (χ3v) is 4.70. The highest BCUT2D eigenvalue weighted by Gasteiger charge is 2.54. The monoisotopic (exact) mass is 252 g/mol. The lowest BCUT2D eigenvalue weighted by Crippen LogP contribution is -2.44. The first-order valence-corrected chi connectivity index (χ1v) is 7.53. The lowest BCUT2D eigenvalue weighted by Gasteiger charge is -2.26. The fourth-order valence-corrected chi connectivity index (χ4v) is 3.19. The molecule has 2 rings (SSSR count). The molecule has 1 N–H and O–H groups in total. The van der Waals surface area contributed by atoms with Crippen LogP contribution in [0.1, 0.15) is 60.3 Å². The molecule has 4 unspecified atom stereocenters. The topological polar surface area (TPSA) is 32.3 Å². The summed E-state index contributed by atoms with van der Waals surface area (Å²) in [4.78, 5) is 14.8. The lowest BCUT2D eigenvalue weighted by atomic mass is 9.99.